The summed E-state index contributed by atoms with van der Waals surface area (Å²) >= 11 is 0. The number of nitrogens with one attached hydrogen (secondary N) is 1. The second kappa shape index (κ2) is 8.39. The molecule has 0 radical (unpaired) electrons. The van der Waals surface area contributed by atoms with E-state index >= 15 is 0 Å². The van der Waals surface area contributed by atoms with Gasteiger partial charge in [0.2, 0.25) is 5.91 Å². The minimum atomic E-state index is -1.32. The van der Waals surface area contributed by atoms with Gasteiger partial charge >= 0.3 is 5.97 Å². The van der Waals surface area contributed by atoms with Gasteiger partial charge in [-0.2, -0.15) is 0 Å². The van der Waals surface area contributed by atoms with Crippen molar-refractivity contribution < 1.29 is 28.9 Å². The Balaban J connectivity index is 2.12. The quantitative estimate of drug-likeness (QED) is 0.670. The van der Waals surface area contributed by atoms with E-state index in [0.29, 0.717) is 24.5 Å². The summed E-state index contributed by atoms with van der Waals surface area (Å²) in [5.74, 6) is -0.516. The number of rotatable bonds is 9. The SMILES string of the molecule is CCOC1CC(NC(=O)C(C)Cc2ccc(OC)c(OC)c2)(C(=O)O)C1(C)C. The molecule has 0 aromatic heterocycles. The third-order valence-corrected chi connectivity index (χ3v) is 5.90. The number of hydrogen-bond donors (Lipinski definition) is 2. The normalized spacial score (nSPS) is 24.0. The topological polar surface area (TPSA) is 94.1 Å². The fraction of sp³-hybridized carbons (Fsp3) is 0.619. The number of amides is 1. The van der Waals surface area contributed by atoms with Gasteiger partial charge in [-0.1, -0.05) is 26.8 Å². The Morgan fingerprint density at radius 1 is 1.25 bits per heavy atom. The molecule has 1 aliphatic rings. The third kappa shape index (κ3) is 3.81. The molecule has 0 bridgehead atoms. The molecule has 1 aliphatic carbocycles. The molecule has 1 aromatic carbocycles. The maximum Gasteiger partial charge on any atom is 0.330 e. The molecule has 1 amide bonds. The van der Waals surface area contributed by atoms with E-state index in [1.54, 1.807) is 27.2 Å². The van der Waals surface area contributed by atoms with Gasteiger partial charge in [-0.05, 0) is 31.0 Å². The molecule has 1 saturated carbocycles. The summed E-state index contributed by atoms with van der Waals surface area (Å²) in [6.07, 6.45) is 0.518. The molecule has 7 nitrogen and oxygen atoms in total. The monoisotopic (exact) mass is 393 g/mol. The van der Waals surface area contributed by atoms with Crippen molar-refractivity contribution in [2.75, 3.05) is 20.8 Å². The summed E-state index contributed by atoms with van der Waals surface area (Å²) in [6, 6.07) is 5.49. The van der Waals surface area contributed by atoms with Crippen molar-refractivity contribution in [3.63, 3.8) is 0 Å². The Morgan fingerprint density at radius 3 is 2.39 bits per heavy atom. The average molecular weight is 393 g/mol. The summed E-state index contributed by atoms with van der Waals surface area (Å²) in [6.45, 7) is 7.82. The molecule has 7 heteroatoms. The molecule has 1 aromatic rings. The Morgan fingerprint density at radius 2 is 1.89 bits per heavy atom. The van der Waals surface area contributed by atoms with Gasteiger partial charge in [-0.15, -0.1) is 0 Å². The van der Waals surface area contributed by atoms with Crippen LogP contribution in [-0.2, 0) is 20.7 Å². The highest BCUT2D eigenvalue weighted by molar-refractivity contribution is 5.90. The molecule has 2 N–H and O–H groups in total. The van der Waals surface area contributed by atoms with Gasteiger partial charge in [0.05, 0.1) is 20.3 Å². The molecular weight excluding hydrogens is 362 g/mol. The van der Waals surface area contributed by atoms with Crippen LogP contribution in [0.3, 0.4) is 0 Å². The van der Waals surface area contributed by atoms with Gasteiger partial charge in [-0.3, -0.25) is 4.79 Å². The van der Waals surface area contributed by atoms with Gasteiger partial charge in [0.15, 0.2) is 11.5 Å². The number of hydrogen-bond acceptors (Lipinski definition) is 5. The fourth-order valence-corrected chi connectivity index (χ4v) is 3.82. The van der Waals surface area contributed by atoms with Crippen LogP contribution in [0, 0.1) is 11.3 Å². The Kier molecular flexibility index (Phi) is 6.59. The fourth-order valence-electron chi connectivity index (χ4n) is 3.82. The van der Waals surface area contributed by atoms with Gasteiger partial charge < -0.3 is 24.6 Å². The van der Waals surface area contributed by atoms with Crippen LogP contribution in [0.4, 0.5) is 0 Å². The molecule has 3 atom stereocenters. The van der Waals surface area contributed by atoms with Gasteiger partial charge in [-0.25, -0.2) is 4.79 Å². The van der Waals surface area contributed by atoms with Crippen molar-refractivity contribution in [2.45, 2.75) is 52.2 Å². The predicted octanol–water partition coefficient (Wildman–Crippen LogP) is 2.66. The number of carbonyl (C=O) groups is 2. The number of carboxylic acids is 1. The Hall–Kier alpha value is -2.28. The van der Waals surface area contributed by atoms with Crippen LogP contribution in [0.1, 0.15) is 39.7 Å². The minimum absolute atomic E-state index is 0.199. The number of benzene rings is 1. The highest BCUT2D eigenvalue weighted by Crippen LogP contribution is 2.51. The van der Waals surface area contributed by atoms with E-state index in [4.69, 9.17) is 14.2 Å². The zero-order chi connectivity index (χ0) is 21.1. The van der Waals surface area contributed by atoms with Crippen LogP contribution in [0.2, 0.25) is 0 Å². The van der Waals surface area contributed by atoms with E-state index in [1.807, 2.05) is 32.9 Å². The lowest BCUT2D eigenvalue weighted by Gasteiger charge is -2.58. The maximum absolute atomic E-state index is 12.8. The molecule has 28 heavy (non-hydrogen) atoms. The van der Waals surface area contributed by atoms with Crippen LogP contribution in [-0.4, -0.2) is 49.5 Å². The second-order valence-electron chi connectivity index (χ2n) is 7.86. The van der Waals surface area contributed by atoms with Crippen LogP contribution in [0.5, 0.6) is 11.5 Å². The Labute approximate surface area is 166 Å². The summed E-state index contributed by atoms with van der Waals surface area (Å²) < 4.78 is 16.2. The molecule has 0 heterocycles. The van der Waals surface area contributed by atoms with Crippen LogP contribution < -0.4 is 14.8 Å². The van der Waals surface area contributed by atoms with Crippen LogP contribution in [0.25, 0.3) is 0 Å². The van der Waals surface area contributed by atoms with E-state index < -0.39 is 22.8 Å². The molecule has 2 rings (SSSR count). The van der Waals surface area contributed by atoms with Gasteiger partial charge in [0, 0.05) is 24.4 Å². The smallest absolute Gasteiger partial charge is 0.330 e. The van der Waals surface area contributed by atoms with Gasteiger partial charge in [0.1, 0.15) is 5.54 Å². The van der Waals surface area contributed by atoms with E-state index in [2.05, 4.69) is 5.32 Å². The lowest BCUT2D eigenvalue weighted by molar-refractivity contribution is -0.195. The van der Waals surface area contributed by atoms with Crippen molar-refractivity contribution in [3.05, 3.63) is 23.8 Å². The molecule has 0 saturated heterocycles. The van der Waals surface area contributed by atoms with Gasteiger partial charge in [0.25, 0.3) is 0 Å². The predicted molar refractivity (Wildman–Crippen MR) is 105 cm³/mol. The van der Waals surface area contributed by atoms with Crippen molar-refractivity contribution >= 4 is 11.9 Å². The first-order valence-electron chi connectivity index (χ1n) is 9.50. The van der Waals surface area contributed by atoms with E-state index in [0.717, 1.165) is 5.56 Å². The first kappa shape index (κ1) is 22.0. The number of carboxylic acid groups (broad SMARTS) is 1. The van der Waals surface area contributed by atoms with Crippen molar-refractivity contribution in [1.82, 2.24) is 5.32 Å². The summed E-state index contributed by atoms with van der Waals surface area (Å²) in [5.41, 5.74) is -1.12. The zero-order valence-corrected chi connectivity index (χ0v) is 17.5. The first-order valence-corrected chi connectivity index (χ1v) is 9.50. The first-order chi connectivity index (χ1) is 13.1. The summed E-state index contributed by atoms with van der Waals surface area (Å²) in [5, 5.41) is 12.7. The van der Waals surface area contributed by atoms with E-state index in [9.17, 15) is 14.7 Å². The highest BCUT2D eigenvalue weighted by atomic mass is 16.5. The number of ether oxygens (including phenoxy) is 3. The molecular formula is C21H31NO6. The molecule has 1 fully saturated rings. The van der Waals surface area contributed by atoms with Crippen LogP contribution in [0.15, 0.2) is 18.2 Å². The number of methoxy groups -OCH3 is 2. The van der Waals surface area contributed by atoms with Crippen molar-refractivity contribution in [3.8, 4) is 11.5 Å². The average Bonchev–Trinajstić information content (AvgIpc) is 2.66. The summed E-state index contributed by atoms with van der Waals surface area (Å²) in [7, 11) is 3.12. The lowest BCUT2D eigenvalue weighted by Crippen LogP contribution is -2.76. The zero-order valence-electron chi connectivity index (χ0n) is 17.5. The highest BCUT2D eigenvalue weighted by Gasteiger charge is 2.66. The lowest BCUT2D eigenvalue weighted by atomic mass is 9.54. The minimum Gasteiger partial charge on any atom is -0.493 e. The van der Waals surface area contributed by atoms with E-state index in [1.165, 1.54) is 0 Å². The van der Waals surface area contributed by atoms with Crippen LogP contribution >= 0.6 is 0 Å². The third-order valence-electron chi connectivity index (χ3n) is 5.90. The van der Waals surface area contributed by atoms with Crippen molar-refractivity contribution in [1.29, 1.82) is 0 Å². The Bertz CT molecular complexity index is 732. The number of carbonyl (C=O) groups excluding carboxylic acids is 1. The van der Waals surface area contributed by atoms with E-state index in [-0.39, 0.29) is 18.4 Å². The largest absolute Gasteiger partial charge is 0.493 e. The molecule has 0 spiro atoms. The number of aliphatic carboxylic acids is 1. The molecule has 156 valence electrons. The molecule has 3 unspecified atom stereocenters. The summed E-state index contributed by atoms with van der Waals surface area (Å²) in [4.78, 5) is 24.9. The second-order valence-corrected chi connectivity index (χ2v) is 7.86. The molecule has 0 aliphatic heterocycles. The van der Waals surface area contributed by atoms with Crippen molar-refractivity contribution in [2.24, 2.45) is 11.3 Å². The maximum atomic E-state index is 12.8. The standard InChI is InChI=1S/C21H31NO6/c1-7-28-17-12-21(19(24)25,20(17,3)4)22-18(23)13(2)10-14-8-9-15(26-5)16(11-14)27-6/h8-9,11,13,17H,7,10,12H2,1-6H3,(H,22,23)(H,24,25).